The maximum Gasteiger partial charge on any atom is 0.252 e. The Morgan fingerprint density at radius 2 is 1.79 bits per heavy atom. The van der Waals surface area contributed by atoms with Crippen LogP contribution in [0.1, 0.15) is 32.9 Å². The van der Waals surface area contributed by atoms with Crippen LogP contribution in [0.3, 0.4) is 0 Å². The van der Waals surface area contributed by atoms with Gasteiger partial charge in [0.25, 0.3) is 5.91 Å². The van der Waals surface area contributed by atoms with Gasteiger partial charge in [-0.25, -0.2) is 18.1 Å². The number of nitrogens with one attached hydrogen (secondary N) is 2. The fourth-order valence-corrected chi connectivity index (χ4v) is 3.85. The Morgan fingerprint density at radius 1 is 1.14 bits per heavy atom. The van der Waals surface area contributed by atoms with Gasteiger partial charge in [-0.15, -0.1) is 0 Å². The van der Waals surface area contributed by atoms with E-state index < -0.39 is 10.0 Å². The second-order valence-corrected chi connectivity index (χ2v) is 8.61. The summed E-state index contributed by atoms with van der Waals surface area (Å²) in [4.78, 5) is 17.2. The lowest BCUT2D eigenvalue weighted by Crippen LogP contribution is -2.23. The highest BCUT2D eigenvalue weighted by atomic mass is 32.2. The Bertz CT molecular complexity index is 1130. The Kier molecular flexibility index (Phi) is 5.48. The summed E-state index contributed by atoms with van der Waals surface area (Å²) >= 11 is 0. The largest absolute Gasteiger partial charge is 0.348 e. The molecule has 0 unspecified atom stereocenters. The highest BCUT2D eigenvalue weighted by Gasteiger charge is 2.17. The second kappa shape index (κ2) is 7.69. The summed E-state index contributed by atoms with van der Waals surface area (Å²) in [5, 5.41) is 8.02. The van der Waals surface area contributed by atoms with Crippen molar-refractivity contribution in [3.63, 3.8) is 0 Å². The number of sulfonamides is 1. The zero-order valence-corrected chi connectivity index (χ0v) is 17.1. The van der Waals surface area contributed by atoms with E-state index >= 15 is 0 Å². The number of nitrogens with zero attached hydrogens (tertiary/aromatic N) is 3. The van der Waals surface area contributed by atoms with Crippen molar-refractivity contribution in [2.75, 3.05) is 7.05 Å². The van der Waals surface area contributed by atoms with E-state index in [9.17, 15) is 13.2 Å². The monoisotopic (exact) mass is 401 g/mol. The average molecular weight is 401 g/mol. The number of aryl methyl sites for hydroxylation is 3. The summed E-state index contributed by atoms with van der Waals surface area (Å²) in [6.07, 6.45) is 0. The van der Waals surface area contributed by atoms with Crippen molar-refractivity contribution in [2.24, 2.45) is 7.05 Å². The zero-order valence-electron chi connectivity index (χ0n) is 16.3. The molecular weight excluding hydrogens is 378 g/mol. The van der Waals surface area contributed by atoms with E-state index in [2.05, 4.69) is 20.1 Å². The van der Waals surface area contributed by atoms with Gasteiger partial charge in [0.2, 0.25) is 10.0 Å². The molecule has 0 aliphatic heterocycles. The van der Waals surface area contributed by atoms with Crippen molar-refractivity contribution in [1.82, 2.24) is 24.8 Å². The molecule has 0 saturated carbocycles. The molecule has 2 N–H and O–H groups in total. The van der Waals surface area contributed by atoms with Crippen LogP contribution >= 0.6 is 0 Å². The highest BCUT2D eigenvalue weighted by molar-refractivity contribution is 7.88. The van der Waals surface area contributed by atoms with Gasteiger partial charge >= 0.3 is 0 Å². The number of aromatic nitrogens is 3. The maximum absolute atomic E-state index is 12.8. The minimum atomic E-state index is -3.31. The molecule has 8 nitrogen and oxygen atoms in total. The van der Waals surface area contributed by atoms with Crippen molar-refractivity contribution in [3.05, 3.63) is 58.4 Å². The molecule has 0 aliphatic rings. The lowest BCUT2D eigenvalue weighted by atomic mass is 10.1. The number of hydrogen-bond acceptors (Lipinski definition) is 5. The SMILES string of the molecule is CNS(=O)(=O)Cc1ccc(CNC(=O)c2cc(C)nc3c2c(C)nn3C)cc1. The summed E-state index contributed by atoms with van der Waals surface area (Å²) in [5.74, 6) is -0.279. The Balaban J connectivity index is 1.75. The first-order chi connectivity index (χ1) is 13.2. The van der Waals surface area contributed by atoms with Crippen molar-refractivity contribution in [2.45, 2.75) is 26.1 Å². The quantitative estimate of drug-likeness (QED) is 0.652. The molecule has 9 heteroatoms. The summed E-state index contributed by atoms with van der Waals surface area (Å²) in [6.45, 7) is 4.03. The third kappa shape index (κ3) is 4.20. The van der Waals surface area contributed by atoms with Crippen molar-refractivity contribution in [3.8, 4) is 0 Å². The van der Waals surface area contributed by atoms with E-state index in [1.54, 1.807) is 29.9 Å². The molecule has 1 amide bonds. The maximum atomic E-state index is 12.8. The van der Waals surface area contributed by atoms with Gasteiger partial charge in [0.15, 0.2) is 5.65 Å². The molecule has 3 aromatic rings. The van der Waals surface area contributed by atoms with E-state index in [0.29, 0.717) is 23.3 Å². The predicted octanol–water partition coefficient (Wildman–Crippen LogP) is 1.56. The number of carbonyl (C=O) groups excluding carboxylic acids is 1. The van der Waals surface area contributed by atoms with E-state index in [1.807, 2.05) is 26.0 Å². The molecule has 28 heavy (non-hydrogen) atoms. The molecule has 0 aliphatic carbocycles. The van der Waals surface area contributed by atoms with E-state index in [-0.39, 0.29) is 11.7 Å². The van der Waals surface area contributed by atoms with Crippen LogP contribution in [-0.2, 0) is 29.4 Å². The van der Waals surface area contributed by atoms with Gasteiger partial charge in [-0.3, -0.25) is 9.48 Å². The third-order valence-corrected chi connectivity index (χ3v) is 5.82. The first-order valence-corrected chi connectivity index (χ1v) is 10.4. The van der Waals surface area contributed by atoms with Crippen LogP contribution in [0, 0.1) is 13.8 Å². The molecule has 2 heterocycles. The molecular formula is C19H23N5O3S. The number of fused-ring (bicyclic) bond motifs is 1. The van der Waals surface area contributed by atoms with Crippen molar-refractivity contribution in [1.29, 1.82) is 0 Å². The normalized spacial score (nSPS) is 11.7. The Hall–Kier alpha value is -2.78. The van der Waals surface area contributed by atoms with Gasteiger partial charge in [0.1, 0.15) is 0 Å². The molecule has 1 aromatic carbocycles. The predicted molar refractivity (Wildman–Crippen MR) is 107 cm³/mol. The van der Waals surface area contributed by atoms with Gasteiger partial charge in [-0.2, -0.15) is 5.10 Å². The standard InChI is InChI=1S/C19H23N5O3S/c1-12-9-16(17-13(2)23-24(4)18(17)22-12)19(25)21-10-14-5-7-15(8-6-14)11-28(26,27)20-3/h5-9,20H,10-11H2,1-4H3,(H,21,25). The number of hydrogen-bond donors (Lipinski definition) is 2. The summed E-state index contributed by atoms with van der Waals surface area (Å²) < 4.78 is 27.2. The Morgan fingerprint density at radius 3 is 2.43 bits per heavy atom. The average Bonchev–Trinajstić information content (AvgIpc) is 2.93. The van der Waals surface area contributed by atoms with Gasteiger partial charge in [-0.1, -0.05) is 24.3 Å². The third-order valence-electron chi connectivity index (χ3n) is 4.49. The summed E-state index contributed by atoms with van der Waals surface area (Å²) in [5.41, 5.74) is 4.29. The summed E-state index contributed by atoms with van der Waals surface area (Å²) in [6, 6.07) is 8.87. The lowest BCUT2D eigenvalue weighted by molar-refractivity contribution is 0.0952. The number of rotatable bonds is 6. The summed E-state index contributed by atoms with van der Waals surface area (Å²) in [7, 11) is -0.113. The van der Waals surface area contributed by atoms with Gasteiger partial charge in [0.05, 0.1) is 22.4 Å². The second-order valence-electron chi connectivity index (χ2n) is 6.68. The first kappa shape index (κ1) is 20.0. The smallest absolute Gasteiger partial charge is 0.252 e. The van der Waals surface area contributed by atoms with Crippen LogP contribution in [0.4, 0.5) is 0 Å². The molecule has 3 rings (SSSR count). The molecule has 0 atom stereocenters. The molecule has 2 aromatic heterocycles. The highest BCUT2D eigenvalue weighted by Crippen LogP contribution is 2.21. The van der Waals surface area contributed by atoms with Crippen molar-refractivity contribution >= 4 is 27.0 Å². The number of benzene rings is 1. The van der Waals surface area contributed by atoms with Crippen LogP contribution < -0.4 is 10.0 Å². The first-order valence-electron chi connectivity index (χ1n) is 8.78. The Labute approximate surface area is 164 Å². The van der Waals surface area contributed by atoms with Gasteiger partial charge < -0.3 is 5.32 Å². The van der Waals surface area contributed by atoms with E-state index in [1.165, 1.54) is 7.05 Å². The number of carbonyl (C=O) groups is 1. The minimum Gasteiger partial charge on any atom is -0.348 e. The fourth-order valence-electron chi connectivity index (χ4n) is 3.07. The van der Waals surface area contributed by atoms with Crippen LogP contribution in [0.5, 0.6) is 0 Å². The molecule has 0 spiro atoms. The number of amides is 1. The molecule has 0 fully saturated rings. The van der Waals surface area contributed by atoms with Crippen LogP contribution in [0.25, 0.3) is 11.0 Å². The van der Waals surface area contributed by atoms with Crippen LogP contribution in [0.2, 0.25) is 0 Å². The van der Waals surface area contributed by atoms with Gasteiger partial charge in [-0.05, 0) is 38.1 Å². The lowest BCUT2D eigenvalue weighted by Gasteiger charge is -2.09. The topological polar surface area (TPSA) is 106 Å². The van der Waals surface area contributed by atoms with Gasteiger partial charge in [0, 0.05) is 19.3 Å². The van der Waals surface area contributed by atoms with Crippen LogP contribution in [0.15, 0.2) is 30.3 Å². The minimum absolute atomic E-state index is 0.0787. The molecule has 0 radical (unpaired) electrons. The van der Waals surface area contributed by atoms with E-state index in [0.717, 1.165) is 22.3 Å². The zero-order chi connectivity index (χ0) is 20.5. The van der Waals surface area contributed by atoms with Crippen LogP contribution in [-0.4, -0.2) is 36.1 Å². The fraction of sp³-hybridized carbons (Fsp3) is 0.316. The van der Waals surface area contributed by atoms with E-state index in [4.69, 9.17) is 0 Å². The molecule has 0 bridgehead atoms. The number of pyridine rings is 1. The van der Waals surface area contributed by atoms with Crippen molar-refractivity contribution < 1.29 is 13.2 Å². The molecule has 0 saturated heterocycles. The molecule has 148 valence electrons.